The molecule has 104 valence electrons. The van der Waals surface area contributed by atoms with Gasteiger partial charge in [-0.1, -0.05) is 32.9 Å². The molecule has 2 heterocycles. The van der Waals surface area contributed by atoms with Gasteiger partial charge in [-0.05, 0) is 48.9 Å². The van der Waals surface area contributed by atoms with E-state index < -0.39 is 0 Å². The van der Waals surface area contributed by atoms with Gasteiger partial charge in [0.1, 0.15) is 0 Å². The molecular formula is C17H26N2. The highest BCUT2D eigenvalue weighted by Crippen LogP contribution is 2.31. The molecule has 0 aromatic heterocycles. The SMILES string of the molecule is CC(C)(C)c1ccc(N2CCCC3NCCC32)cc1. The number of anilines is 1. The molecule has 2 nitrogen and oxygen atoms in total. The van der Waals surface area contributed by atoms with Crippen LogP contribution >= 0.6 is 0 Å². The van der Waals surface area contributed by atoms with E-state index in [0.717, 1.165) is 6.04 Å². The Morgan fingerprint density at radius 3 is 2.53 bits per heavy atom. The number of hydrogen-bond donors (Lipinski definition) is 1. The molecule has 0 aliphatic carbocycles. The molecule has 1 aromatic carbocycles. The highest BCUT2D eigenvalue weighted by atomic mass is 15.2. The summed E-state index contributed by atoms with van der Waals surface area (Å²) in [7, 11) is 0. The number of fused-ring (bicyclic) bond motifs is 1. The van der Waals surface area contributed by atoms with Crippen LogP contribution < -0.4 is 10.2 Å². The Morgan fingerprint density at radius 2 is 1.84 bits per heavy atom. The predicted octanol–water partition coefficient (Wildman–Crippen LogP) is 3.31. The van der Waals surface area contributed by atoms with Gasteiger partial charge in [-0.15, -0.1) is 0 Å². The van der Waals surface area contributed by atoms with E-state index in [1.165, 1.54) is 43.6 Å². The van der Waals surface area contributed by atoms with Gasteiger partial charge in [-0.25, -0.2) is 0 Å². The molecule has 2 saturated heterocycles. The topological polar surface area (TPSA) is 15.3 Å². The molecule has 0 amide bonds. The van der Waals surface area contributed by atoms with Gasteiger partial charge in [0.05, 0.1) is 0 Å². The Morgan fingerprint density at radius 1 is 1.11 bits per heavy atom. The van der Waals surface area contributed by atoms with Crippen LogP contribution in [-0.4, -0.2) is 25.2 Å². The standard InChI is InChI=1S/C17H26N2/c1-17(2,3)13-6-8-14(9-7-13)19-12-4-5-15-16(19)10-11-18-15/h6-9,15-16,18H,4-5,10-12H2,1-3H3. The lowest BCUT2D eigenvalue weighted by molar-refractivity contribution is 0.412. The summed E-state index contributed by atoms with van der Waals surface area (Å²) in [6.07, 6.45) is 3.96. The number of rotatable bonds is 1. The van der Waals surface area contributed by atoms with Crippen LogP contribution in [0.2, 0.25) is 0 Å². The molecule has 2 aliphatic rings. The Hall–Kier alpha value is -1.02. The van der Waals surface area contributed by atoms with Gasteiger partial charge in [0.15, 0.2) is 0 Å². The second kappa shape index (κ2) is 4.82. The first-order valence-corrected chi connectivity index (χ1v) is 7.66. The molecule has 0 saturated carbocycles. The Kier molecular flexibility index (Phi) is 3.30. The third-order valence-electron chi connectivity index (χ3n) is 4.69. The van der Waals surface area contributed by atoms with Crippen LogP contribution in [0.3, 0.4) is 0 Å². The van der Waals surface area contributed by atoms with E-state index in [2.05, 4.69) is 55.3 Å². The molecule has 2 aliphatic heterocycles. The molecule has 2 fully saturated rings. The molecule has 0 radical (unpaired) electrons. The van der Waals surface area contributed by atoms with E-state index in [0.29, 0.717) is 6.04 Å². The number of nitrogens with zero attached hydrogens (tertiary/aromatic N) is 1. The van der Waals surface area contributed by atoms with E-state index in [4.69, 9.17) is 0 Å². The van der Waals surface area contributed by atoms with E-state index in [-0.39, 0.29) is 5.41 Å². The van der Waals surface area contributed by atoms with E-state index in [1.54, 1.807) is 0 Å². The second-order valence-electron chi connectivity index (χ2n) is 7.05. The highest BCUT2D eigenvalue weighted by Gasteiger charge is 2.34. The summed E-state index contributed by atoms with van der Waals surface area (Å²) >= 11 is 0. The van der Waals surface area contributed by atoms with Gasteiger partial charge in [0.25, 0.3) is 0 Å². The maximum Gasteiger partial charge on any atom is 0.0455 e. The van der Waals surface area contributed by atoms with Gasteiger partial charge in [-0.2, -0.15) is 0 Å². The molecular weight excluding hydrogens is 232 g/mol. The summed E-state index contributed by atoms with van der Waals surface area (Å²) in [6.45, 7) is 9.24. The maximum atomic E-state index is 3.65. The van der Waals surface area contributed by atoms with Crippen molar-refractivity contribution in [3.05, 3.63) is 29.8 Å². The summed E-state index contributed by atoms with van der Waals surface area (Å²) in [4.78, 5) is 2.63. The van der Waals surface area contributed by atoms with E-state index >= 15 is 0 Å². The molecule has 2 heteroatoms. The zero-order valence-corrected chi connectivity index (χ0v) is 12.4. The third kappa shape index (κ3) is 2.51. The summed E-state index contributed by atoms with van der Waals surface area (Å²) < 4.78 is 0. The van der Waals surface area contributed by atoms with Gasteiger partial charge < -0.3 is 10.2 Å². The van der Waals surface area contributed by atoms with Crippen molar-refractivity contribution < 1.29 is 0 Å². The molecule has 3 rings (SSSR count). The van der Waals surface area contributed by atoms with Crippen LogP contribution in [0.1, 0.15) is 45.6 Å². The minimum atomic E-state index is 0.248. The summed E-state index contributed by atoms with van der Waals surface area (Å²) in [6, 6.07) is 10.7. The molecule has 2 atom stereocenters. The van der Waals surface area contributed by atoms with Gasteiger partial charge in [-0.3, -0.25) is 0 Å². The van der Waals surface area contributed by atoms with Crippen molar-refractivity contribution in [1.82, 2.24) is 5.32 Å². The molecule has 1 aromatic rings. The quantitative estimate of drug-likeness (QED) is 0.831. The lowest BCUT2D eigenvalue weighted by Gasteiger charge is -2.39. The Bertz CT molecular complexity index is 430. The van der Waals surface area contributed by atoms with Crippen molar-refractivity contribution in [2.75, 3.05) is 18.0 Å². The lowest BCUT2D eigenvalue weighted by Crippen LogP contribution is -2.48. The first kappa shape index (κ1) is 13.0. The maximum absolute atomic E-state index is 3.65. The van der Waals surface area contributed by atoms with Gasteiger partial charge in [0, 0.05) is 24.3 Å². The zero-order valence-electron chi connectivity index (χ0n) is 12.4. The summed E-state index contributed by atoms with van der Waals surface area (Å²) in [5.74, 6) is 0. The van der Waals surface area contributed by atoms with Crippen molar-refractivity contribution in [3.8, 4) is 0 Å². The first-order chi connectivity index (χ1) is 9.05. The van der Waals surface area contributed by atoms with Crippen LogP contribution in [0, 0.1) is 0 Å². The van der Waals surface area contributed by atoms with Crippen molar-refractivity contribution in [2.24, 2.45) is 0 Å². The second-order valence-corrected chi connectivity index (χ2v) is 7.05. The fourth-order valence-electron chi connectivity index (χ4n) is 3.54. The minimum absolute atomic E-state index is 0.248. The van der Waals surface area contributed by atoms with Crippen LogP contribution in [0.15, 0.2) is 24.3 Å². The largest absolute Gasteiger partial charge is 0.367 e. The minimum Gasteiger partial charge on any atom is -0.367 e. The molecule has 19 heavy (non-hydrogen) atoms. The molecule has 1 N–H and O–H groups in total. The lowest BCUT2D eigenvalue weighted by atomic mass is 9.87. The normalized spacial score (nSPS) is 27.4. The van der Waals surface area contributed by atoms with E-state index in [1.807, 2.05) is 0 Å². The fraction of sp³-hybridized carbons (Fsp3) is 0.647. The van der Waals surface area contributed by atoms with Crippen molar-refractivity contribution >= 4 is 5.69 Å². The third-order valence-corrected chi connectivity index (χ3v) is 4.69. The highest BCUT2D eigenvalue weighted by molar-refractivity contribution is 5.50. The monoisotopic (exact) mass is 258 g/mol. The van der Waals surface area contributed by atoms with Crippen LogP contribution in [0.25, 0.3) is 0 Å². The number of piperidine rings is 1. The predicted molar refractivity (Wildman–Crippen MR) is 81.9 cm³/mol. The van der Waals surface area contributed by atoms with Crippen molar-refractivity contribution in [2.45, 2.75) is 57.5 Å². The molecule has 0 bridgehead atoms. The van der Waals surface area contributed by atoms with Gasteiger partial charge in [0.2, 0.25) is 0 Å². The Balaban J connectivity index is 1.82. The number of hydrogen-bond acceptors (Lipinski definition) is 2. The summed E-state index contributed by atoms with van der Waals surface area (Å²) in [5.41, 5.74) is 3.08. The van der Waals surface area contributed by atoms with Gasteiger partial charge >= 0.3 is 0 Å². The summed E-state index contributed by atoms with van der Waals surface area (Å²) in [5, 5.41) is 3.65. The number of benzene rings is 1. The fourth-order valence-corrected chi connectivity index (χ4v) is 3.54. The van der Waals surface area contributed by atoms with E-state index in [9.17, 15) is 0 Å². The first-order valence-electron chi connectivity index (χ1n) is 7.66. The smallest absolute Gasteiger partial charge is 0.0455 e. The molecule has 2 unspecified atom stereocenters. The average molecular weight is 258 g/mol. The zero-order chi connectivity index (χ0) is 13.5. The van der Waals surface area contributed by atoms with Crippen LogP contribution in [0.4, 0.5) is 5.69 Å². The Labute approximate surface area is 117 Å². The molecule has 0 spiro atoms. The van der Waals surface area contributed by atoms with Crippen LogP contribution in [0.5, 0.6) is 0 Å². The van der Waals surface area contributed by atoms with Crippen molar-refractivity contribution in [3.63, 3.8) is 0 Å². The number of nitrogens with one attached hydrogen (secondary N) is 1. The average Bonchev–Trinajstić information content (AvgIpc) is 2.86. The van der Waals surface area contributed by atoms with Crippen molar-refractivity contribution in [1.29, 1.82) is 0 Å². The van der Waals surface area contributed by atoms with Crippen LogP contribution in [-0.2, 0) is 5.41 Å².